The van der Waals surface area contributed by atoms with Gasteiger partial charge in [-0.3, -0.25) is 0 Å². The van der Waals surface area contributed by atoms with Gasteiger partial charge in [-0.05, 0) is 26.7 Å². The lowest BCUT2D eigenvalue weighted by Gasteiger charge is -2.22. The number of aromatic nitrogens is 2. The molecule has 0 radical (unpaired) electrons. The van der Waals surface area contributed by atoms with E-state index >= 15 is 0 Å². The van der Waals surface area contributed by atoms with Gasteiger partial charge in [-0.1, -0.05) is 36.8 Å². The molecule has 1 unspecified atom stereocenters. The summed E-state index contributed by atoms with van der Waals surface area (Å²) < 4.78 is 0. The fraction of sp³-hybridized carbons (Fsp3) is 0.444. The predicted octanol–water partition coefficient (Wildman–Crippen LogP) is 2.86. The monoisotopic (exact) mass is 296 g/mol. The summed E-state index contributed by atoms with van der Waals surface area (Å²) in [7, 11) is 0. The van der Waals surface area contributed by atoms with E-state index in [-0.39, 0.29) is 6.04 Å². The summed E-state index contributed by atoms with van der Waals surface area (Å²) in [4.78, 5) is 11.9. The first-order chi connectivity index (χ1) is 10.6. The van der Waals surface area contributed by atoms with E-state index < -0.39 is 0 Å². The Morgan fingerprint density at radius 2 is 1.91 bits per heavy atom. The Kier molecular flexibility index (Phi) is 4.12. The molecule has 22 heavy (non-hydrogen) atoms. The quantitative estimate of drug-likeness (QED) is 0.946. The molecule has 3 rings (SSSR count). The summed E-state index contributed by atoms with van der Waals surface area (Å²) in [5.41, 5.74) is 10.7. The topological polar surface area (TPSA) is 55.0 Å². The average molecular weight is 296 g/mol. The number of aryl methyl sites for hydroxylation is 2. The van der Waals surface area contributed by atoms with Crippen molar-refractivity contribution in [3.8, 4) is 11.4 Å². The minimum Gasteiger partial charge on any atom is -0.355 e. The first-order valence-corrected chi connectivity index (χ1v) is 8.03. The molecule has 116 valence electrons. The fourth-order valence-electron chi connectivity index (χ4n) is 3.07. The molecule has 0 bridgehead atoms. The van der Waals surface area contributed by atoms with Gasteiger partial charge in [-0.15, -0.1) is 0 Å². The molecule has 1 saturated heterocycles. The smallest absolute Gasteiger partial charge is 0.161 e. The van der Waals surface area contributed by atoms with Gasteiger partial charge in [-0.2, -0.15) is 0 Å². The lowest BCUT2D eigenvalue weighted by molar-refractivity contribution is 0.750. The third-order valence-corrected chi connectivity index (χ3v) is 4.38. The van der Waals surface area contributed by atoms with Crippen LogP contribution in [0.2, 0.25) is 0 Å². The second-order valence-corrected chi connectivity index (χ2v) is 6.15. The number of anilines is 1. The molecule has 1 aliphatic heterocycles. The minimum atomic E-state index is 0.253. The molecule has 1 aromatic heterocycles. The molecular weight excluding hydrogens is 272 g/mol. The average Bonchev–Trinajstić information content (AvgIpc) is 2.93. The Labute approximate surface area is 132 Å². The van der Waals surface area contributed by atoms with Crippen LogP contribution in [-0.2, 0) is 6.42 Å². The lowest BCUT2D eigenvalue weighted by Crippen LogP contribution is -2.28. The molecule has 2 aromatic rings. The fourth-order valence-corrected chi connectivity index (χ4v) is 3.07. The van der Waals surface area contributed by atoms with Crippen LogP contribution in [0.3, 0.4) is 0 Å². The van der Waals surface area contributed by atoms with Crippen molar-refractivity contribution >= 4 is 5.82 Å². The number of nitrogens with zero attached hydrogens (tertiary/aromatic N) is 3. The minimum absolute atomic E-state index is 0.253. The summed E-state index contributed by atoms with van der Waals surface area (Å²) in [5.74, 6) is 1.88. The van der Waals surface area contributed by atoms with Gasteiger partial charge in [0.15, 0.2) is 5.82 Å². The van der Waals surface area contributed by atoms with Crippen LogP contribution >= 0.6 is 0 Å². The van der Waals surface area contributed by atoms with Crippen molar-refractivity contribution in [3.63, 3.8) is 0 Å². The van der Waals surface area contributed by atoms with E-state index in [0.29, 0.717) is 0 Å². The van der Waals surface area contributed by atoms with Crippen LogP contribution in [0.4, 0.5) is 5.82 Å². The van der Waals surface area contributed by atoms with Crippen molar-refractivity contribution in [2.45, 2.75) is 39.7 Å². The van der Waals surface area contributed by atoms with Gasteiger partial charge in [0.25, 0.3) is 0 Å². The van der Waals surface area contributed by atoms with Gasteiger partial charge < -0.3 is 10.6 Å². The Hall–Kier alpha value is -1.94. The van der Waals surface area contributed by atoms with E-state index in [9.17, 15) is 0 Å². The van der Waals surface area contributed by atoms with Gasteiger partial charge in [0.05, 0.1) is 0 Å². The molecule has 4 nitrogen and oxygen atoms in total. The molecular formula is C18H24N4. The zero-order chi connectivity index (χ0) is 15.7. The molecule has 0 amide bonds. The van der Waals surface area contributed by atoms with Crippen LogP contribution in [0.1, 0.15) is 30.2 Å². The van der Waals surface area contributed by atoms with E-state index in [2.05, 4.69) is 49.9 Å². The van der Waals surface area contributed by atoms with Crippen LogP contribution in [0, 0.1) is 13.8 Å². The van der Waals surface area contributed by atoms with Crippen molar-refractivity contribution < 1.29 is 0 Å². The molecule has 0 aliphatic carbocycles. The van der Waals surface area contributed by atoms with Crippen LogP contribution in [-0.4, -0.2) is 29.1 Å². The number of nitrogens with two attached hydrogens (primary N) is 1. The maximum atomic E-state index is 6.07. The molecule has 2 N–H and O–H groups in total. The number of rotatable bonds is 3. The van der Waals surface area contributed by atoms with Crippen molar-refractivity contribution in [2.75, 3.05) is 18.0 Å². The van der Waals surface area contributed by atoms with Gasteiger partial charge >= 0.3 is 0 Å². The van der Waals surface area contributed by atoms with E-state index in [1.165, 1.54) is 11.1 Å². The van der Waals surface area contributed by atoms with E-state index in [4.69, 9.17) is 15.7 Å². The van der Waals surface area contributed by atoms with Gasteiger partial charge in [-0.25, -0.2) is 9.97 Å². The summed E-state index contributed by atoms with van der Waals surface area (Å²) in [5, 5.41) is 0. The first kappa shape index (κ1) is 15.0. The predicted molar refractivity (Wildman–Crippen MR) is 91.1 cm³/mol. The second-order valence-electron chi connectivity index (χ2n) is 6.15. The van der Waals surface area contributed by atoms with E-state index in [1.807, 2.05) is 0 Å². The van der Waals surface area contributed by atoms with Gasteiger partial charge in [0.2, 0.25) is 0 Å². The van der Waals surface area contributed by atoms with Crippen LogP contribution in [0.5, 0.6) is 0 Å². The second kappa shape index (κ2) is 6.05. The number of hydrogen-bond donors (Lipinski definition) is 1. The standard InChI is InChI=1S/C18H24N4/c1-4-16-13(3)20-17(14-7-5-12(2)6-8-14)21-18(16)22-10-9-15(19)11-22/h5-8,15H,4,9-11,19H2,1-3H3. The highest BCUT2D eigenvalue weighted by atomic mass is 15.2. The van der Waals surface area contributed by atoms with E-state index in [1.54, 1.807) is 0 Å². The molecule has 2 heterocycles. The number of hydrogen-bond acceptors (Lipinski definition) is 4. The molecule has 1 fully saturated rings. The highest BCUT2D eigenvalue weighted by Crippen LogP contribution is 2.28. The molecule has 0 spiro atoms. The molecule has 4 heteroatoms. The van der Waals surface area contributed by atoms with Gasteiger partial charge in [0.1, 0.15) is 5.82 Å². The Morgan fingerprint density at radius 3 is 2.50 bits per heavy atom. The normalized spacial score (nSPS) is 18.0. The molecule has 1 aromatic carbocycles. The zero-order valence-corrected chi connectivity index (χ0v) is 13.6. The van der Waals surface area contributed by atoms with Crippen molar-refractivity contribution in [2.24, 2.45) is 5.73 Å². The van der Waals surface area contributed by atoms with Crippen molar-refractivity contribution in [3.05, 3.63) is 41.1 Å². The highest BCUT2D eigenvalue weighted by Gasteiger charge is 2.24. The third kappa shape index (κ3) is 2.83. The Bertz CT molecular complexity index is 664. The molecule has 0 saturated carbocycles. The lowest BCUT2D eigenvalue weighted by atomic mass is 10.1. The van der Waals surface area contributed by atoms with Crippen LogP contribution in [0.25, 0.3) is 11.4 Å². The Balaban J connectivity index is 2.05. The zero-order valence-electron chi connectivity index (χ0n) is 13.6. The molecule has 1 atom stereocenters. The third-order valence-electron chi connectivity index (χ3n) is 4.38. The summed E-state index contributed by atoms with van der Waals surface area (Å²) >= 11 is 0. The maximum Gasteiger partial charge on any atom is 0.161 e. The first-order valence-electron chi connectivity index (χ1n) is 8.03. The molecule has 1 aliphatic rings. The van der Waals surface area contributed by atoms with Crippen molar-refractivity contribution in [1.29, 1.82) is 0 Å². The van der Waals surface area contributed by atoms with Crippen LogP contribution < -0.4 is 10.6 Å². The number of benzene rings is 1. The highest BCUT2D eigenvalue weighted by molar-refractivity contribution is 5.61. The SMILES string of the molecule is CCc1c(C)nc(-c2ccc(C)cc2)nc1N1CCC(N)C1. The summed E-state index contributed by atoms with van der Waals surface area (Å²) in [6, 6.07) is 8.65. The Morgan fingerprint density at radius 1 is 1.18 bits per heavy atom. The summed E-state index contributed by atoms with van der Waals surface area (Å²) in [6.07, 6.45) is 1.98. The van der Waals surface area contributed by atoms with Crippen molar-refractivity contribution in [1.82, 2.24) is 9.97 Å². The van der Waals surface area contributed by atoms with Gasteiger partial charge in [0, 0.05) is 36.0 Å². The van der Waals surface area contributed by atoms with E-state index in [0.717, 1.165) is 48.8 Å². The maximum absolute atomic E-state index is 6.07. The van der Waals surface area contributed by atoms with Crippen LogP contribution in [0.15, 0.2) is 24.3 Å². The summed E-state index contributed by atoms with van der Waals surface area (Å²) in [6.45, 7) is 8.20. The largest absolute Gasteiger partial charge is 0.355 e.